The Morgan fingerprint density at radius 1 is 1.35 bits per heavy atom. The van der Waals surface area contributed by atoms with Crippen LogP contribution in [0.25, 0.3) is 0 Å². The number of nitrogens with zero attached hydrogens (tertiary/aromatic N) is 1. The second-order valence-electron chi connectivity index (χ2n) is 5.20. The van der Waals surface area contributed by atoms with Crippen molar-refractivity contribution >= 4 is 11.3 Å². The van der Waals surface area contributed by atoms with Crippen LogP contribution in [0.5, 0.6) is 5.88 Å². The summed E-state index contributed by atoms with van der Waals surface area (Å²) >= 11 is 1.76. The third-order valence-electron chi connectivity index (χ3n) is 2.86. The summed E-state index contributed by atoms with van der Waals surface area (Å²) in [7, 11) is 0. The number of nitrogens with one attached hydrogen (secondary N) is 1. The van der Waals surface area contributed by atoms with Crippen LogP contribution in [0.2, 0.25) is 0 Å². The van der Waals surface area contributed by atoms with Gasteiger partial charge in [0.15, 0.2) is 0 Å². The first-order valence-electron chi connectivity index (χ1n) is 7.05. The standard InChI is InChI=1S/C16H22N2OS/c1-13(2)11-17-12-14-5-7-18-16(10-14)19-8-6-15-4-3-9-20-15/h3-5,7,9-10,13,17H,6,8,11-12H2,1-2H3. The van der Waals surface area contributed by atoms with Gasteiger partial charge >= 0.3 is 0 Å². The number of hydrogen-bond donors (Lipinski definition) is 1. The number of rotatable bonds is 8. The van der Waals surface area contributed by atoms with E-state index in [1.165, 1.54) is 10.4 Å². The predicted octanol–water partition coefficient (Wildman–Crippen LogP) is 3.51. The molecule has 20 heavy (non-hydrogen) atoms. The maximum Gasteiger partial charge on any atom is 0.213 e. The van der Waals surface area contributed by atoms with Gasteiger partial charge in [0.25, 0.3) is 0 Å². The molecule has 0 aromatic carbocycles. The molecule has 2 aromatic heterocycles. The molecule has 0 spiro atoms. The summed E-state index contributed by atoms with van der Waals surface area (Å²) in [6, 6.07) is 8.24. The molecule has 3 nitrogen and oxygen atoms in total. The maximum absolute atomic E-state index is 5.72. The van der Waals surface area contributed by atoms with Gasteiger partial charge in [-0.1, -0.05) is 19.9 Å². The lowest BCUT2D eigenvalue weighted by atomic mass is 10.2. The topological polar surface area (TPSA) is 34.2 Å². The molecule has 0 saturated heterocycles. The van der Waals surface area contributed by atoms with Crippen LogP contribution in [0.3, 0.4) is 0 Å². The molecule has 2 aromatic rings. The quantitative estimate of drug-likeness (QED) is 0.808. The zero-order valence-corrected chi connectivity index (χ0v) is 13.0. The highest BCUT2D eigenvalue weighted by atomic mass is 32.1. The van der Waals surface area contributed by atoms with Crippen LogP contribution in [0.4, 0.5) is 0 Å². The molecule has 4 heteroatoms. The van der Waals surface area contributed by atoms with E-state index >= 15 is 0 Å². The summed E-state index contributed by atoms with van der Waals surface area (Å²) in [6.07, 6.45) is 2.75. The molecular weight excluding hydrogens is 268 g/mol. The molecule has 0 unspecified atom stereocenters. The van der Waals surface area contributed by atoms with Crippen molar-refractivity contribution in [3.8, 4) is 5.88 Å². The molecule has 108 valence electrons. The highest BCUT2D eigenvalue weighted by molar-refractivity contribution is 7.09. The lowest BCUT2D eigenvalue weighted by molar-refractivity contribution is 0.310. The van der Waals surface area contributed by atoms with Gasteiger partial charge in [-0.2, -0.15) is 0 Å². The van der Waals surface area contributed by atoms with Crippen LogP contribution in [-0.2, 0) is 13.0 Å². The second-order valence-corrected chi connectivity index (χ2v) is 6.24. The number of hydrogen-bond acceptors (Lipinski definition) is 4. The molecule has 0 amide bonds. The average Bonchev–Trinajstić information content (AvgIpc) is 2.92. The Bertz CT molecular complexity index is 497. The van der Waals surface area contributed by atoms with Crippen molar-refractivity contribution in [1.29, 1.82) is 0 Å². The fourth-order valence-corrected chi connectivity index (χ4v) is 2.55. The molecule has 0 atom stereocenters. The fourth-order valence-electron chi connectivity index (χ4n) is 1.86. The van der Waals surface area contributed by atoms with E-state index in [4.69, 9.17) is 4.74 Å². The Labute approximate surface area is 125 Å². The Morgan fingerprint density at radius 2 is 2.25 bits per heavy atom. The first kappa shape index (κ1) is 15.0. The van der Waals surface area contributed by atoms with Gasteiger partial charge < -0.3 is 10.1 Å². The van der Waals surface area contributed by atoms with Crippen molar-refractivity contribution in [2.75, 3.05) is 13.2 Å². The summed E-state index contributed by atoms with van der Waals surface area (Å²) in [4.78, 5) is 5.60. The van der Waals surface area contributed by atoms with E-state index < -0.39 is 0 Å². The fraction of sp³-hybridized carbons (Fsp3) is 0.438. The molecule has 0 fully saturated rings. The zero-order chi connectivity index (χ0) is 14.2. The maximum atomic E-state index is 5.72. The molecule has 0 aliphatic rings. The van der Waals surface area contributed by atoms with Gasteiger partial charge in [0, 0.05) is 30.1 Å². The van der Waals surface area contributed by atoms with Gasteiger partial charge in [0.05, 0.1) is 6.61 Å². The zero-order valence-electron chi connectivity index (χ0n) is 12.1. The first-order chi connectivity index (χ1) is 9.74. The molecular formula is C16H22N2OS. The molecule has 0 aliphatic carbocycles. The van der Waals surface area contributed by atoms with Crippen LogP contribution in [0.15, 0.2) is 35.8 Å². The molecule has 0 saturated carbocycles. The van der Waals surface area contributed by atoms with E-state index in [2.05, 4.69) is 41.7 Å². The Morgan fingerprint density at radius 3 is 3.00 bits per heavy atom. The van der Waals surface area contributed by atoms with Gasteiger partial charge in [-0.25, -0.2) is 4.98 Å². The van der Waals surface area contributed by atoms with Gasteiger partial charge in [-0.15, -0.1) is 11.3 Å². The summed E-state index contributed by atoms with van der Waals surface area (Å²) < 4.78 is 5.72. The number of aromatic nitrogens is 1. The van der Waals surface area contributed by atoms with Crippen molar-refractivity contribution in [3.05, 3.63) is 46.3 Å². The van der Waals surface area contributed by atoms with Crippen molar-refractivity contribution in [2.45, 2.75) is 26.8 Å². The Hall–Kier alpha value is -1.39. The normalized spacial score (nSPS) is 10.9. The van der Waals surface area contributed by atoms with Crippen LogP contribution in [-0.4, -0.2) is 18.1 Å². The lowest BCUT2D eigenvalue weighted by Gasteiger charge is -2.09. The highest BCUT2D eigenvalue weighted by Gasteiger charge is 2.00. The highest BCUT2D eigenvalue weighted by Crippen LogP contribution is 2.12. The van der Waals surface area contributed by atoms with Crippen LogP contribution in [0, 0.1) is 5.92 Å². The SMILES string of the molecule is CC(C)CNCc1ccnc(OCCc2cccs2)c1. The number of pyridine rings is 1. The van der Waals surface area contributed by atoms with E-state index in [0.717, 1.165) is 19.5 Å². The molecule has 2 heterocycles. The predicted molar refractivity (Wildman–Crippen MR) is 84.3 cm³/mol. The van der Waals surface area contributed by atoms with Gasteiger partial charge in [-0.3, -0.25) is 0 Å². The van der Waals surface area contributed by atoms with E-state index in [-0.39, 0.29) is 0 Å². The summed E-state index contributed by atoms with van der Waals surface area (Å²) in [5.74, 6) is 1.38. The molecule has 1 N–H and O–H groups in total. The largest absolute Gasteiger partial charge is 0.477 e. The average molecular weight is 290 g/mol. The van der Waals surface area contributed by atoms with Crippen molar-refractivity contribution in [2.24, 2.45) is 5.92 Å². The first-order valence-corrected chi connectivity index (χ1v) is 7.93. The lowest BCUT2D eigenvalue weighted by Crippen LogP contribution is -2.19. The summed E-state index contributed by atoms with van der Waals surface area (Å²) in [6.45, 7) is 6.98. The third-order valence-corrected chi connectivity index (χ3v) is 3.80. The molecule has 0 aliphatic heterocycles. The van der Waals surface area contributed by atoms with Crippen LogP contribution in [0.1, 0.15) is 24.3 Å². The summed E-state index contributed by atoms with van der Waals surface area (Å²) in [5, 5.41) is 5.52. The minimum atomic E-state index is 0.665. The van der Waals surface area contributed by atoms with Gasteiger partial charge in [0.2, 0.25) is 5.88 Å². The minimum Gasteiger partial charge on any atom is -0.477 e. The van der Waals surface area contributed by atoms with Crippen molar-refractivity contribution in [3.63, 3.8) is 0 Å². The van der Waals surface area contributed by atoms with Crippen molar-refractivity contribution < 1.29 is 4.74 Å². The minimum absolute atomic E-state index is 0.665. The number of ether oxygens (including phenoxy) is 1. The number of thiophene rings is 1. The van der Waals surface area contributed by atoms with Crippen molar-refractivity contribution in [1.82, 2.24) is 10.3 Å². The summed E-state index contributed by atoms with van der Waals surface area (Å²) in [5.41, 5.74) is 1.21. The molecule has 2 rings (SSSR count). The Kier molecular flexibility index (Phi) is 6.02. The van der Waals surface area contributed by atoms with Gasteiger partial charge in [0.1, 0.15) is 0 Å². The van der Waals surface area contributed by atoms with E-state index in [1.54, 1.807) is 11.3 Å². The smallest absolute Gasteiger partial charge is 0.213 e. The Balaban J connectivity index is 1.77. The van der Waals surface area contributed by atoms with Crippen LogP contribution >= 0.6 is 11.3 Å². The molecule has 0 radical (unpaired) electrons. The monoisotopic (exact) mass is 290 g/mol. The van der Waals surface area contributed by atoms with E-state index in [9.17, 15) is 0 Å². The second kappa shape index (κ2) is 8.02. The van der Waals surface area contributed by atoms with Crippen LogP contribution < -0.4 is 10.1 Å². The van der Waals surface area contributed by atoms with E-state index in [0.29, 0.717) is 18.4 Å². The van der Waals surface area contributed by atoms with Gasteiger partial charge in [-0.05, 0) is 35.5 Å². The third kappa shape index (κ3) is 5.31. The molecule has 0 bridgehead atoms. The van der Waals surface area contributed by atoms with E-state index in [1.807, 2.05) is 18.3 Å².